The summed E-state index contributed by atoms with van der Waals surface area (Å²) in [5.41, 5.74) is 3.53. The minimum atomic E-state index is 0. The first-order valence-electron chi connectivity index (χ1n) is 5.80. The molecule has 102 valence electrons. The van der Waals surface area contributed by atoms with Crippen molar-refractivity contribution in [3.8, 4) is 16.9 Å². The molecule has 0 unspecified atom stereocenters. The predicted molar refractivity (Wildman–Crippen MR) is 81.4 cm³/mol. The maximum atomic E-state index is 5.66. The summed E-state index contributed by atoms with van der Waals surface area (Å²) in [6.45, 7) is 2.50. The molecule has 2 aromatic rings. The Morgan fingerprint density at radius 2 is 2.00 bits per heavy atom. The van der Waals surface area contributed by atoms with Crippen LogP contribution in [0, 0.1) is 0 Å². The van der Waals surface area contributed by atoms with E-state index < -0.39 is 0 Å². The zero-order valence-electron chi connectivity index (χ0n) is 10.3. The van der Waals surface area contributed by atoms with Gasteiger partial charge in [-0.1, -0.05) is 12.1 Å². The first kappa shape index (κ1) is 15.8. The fourth-order valence-electron chi connectivity index (χ4n) is 2.03. The third kappa shape index (κ3) is 3.60. The molecule has 0 fully saturated rings. The van der Waals surface area contributed by atoms with Crippen LogP contribution in [0.3, 0.4) is 0 Å². The first-order valence-corrected chi connectivity index (χ1v) is 5.80. The zero-order chi connectivity index (χ0) is 11.5. The molecule has 1 aromatic carbocycles. The Balaban J connectivity index is 0.000000902. The largest absolute Gasteiger partial charge is 0.492 e. The van der Waals surface area contributed by atoms with Crippen molar-refractivity contribution in [2.45, 2.75) is 6.54 Å². The highest BCUT2D eigenvalue weighted by molar-refractivity contribution is 5.85. The minimum absolute atomic E-state index is 0. The van der Waals surface area contributed by atoms with E-state index in [9.17, 15) is 0 Å². The average Bonchev–Trinajstić information content (AvgIpc) is 2.64. The number of ether oxygens (including phenoxy) is 1. The van der Waals surface area contributed by atoms with Crippen molar-refractivity contribution in [2.24, 2.45) is 0 Å². The third-order valence-corrected chi connectivity index (χ3v) is 2.91. The predicted octanol–water partition coefficient (Wildman–Crippen LogP) is 3.07. The summed E-state index contributed by atoms with van der Waals surface area (Å²) < 4.78 is 5.66. The fraction of sp³-hybridized carbons (Fsp3) is 0.214. The number of fused-ring (bicyclic) bond motifs is 1. The normalized spacial score (nSPS) is 13.1. The summed E-state index contributed by atoms with van der Waals surface area (Å²) in [5, 5.41) is 3.34. The zero-order valence-corrected chi connectivity index (χ0v) is 12.0. The molecule has 1 N–H and O–H groups in total. The van der Waals surface area contributed by atoms with Gasteiger partial charge in [0.2, 0.25) is 0 Å². The lowest BCUT2D eigenvalue weighted by Gasteiger charge is -2.08. The Labute approximate surface area is 125 Å². The lowest BCUT2D eigenvalue weighted by atomic mass is 10.0. The van der Waals surface area contributed by atoms with Crippen molar-refractivity contribution >= 4 is 24.8 Å². The van der Waals surface area contributed by atoms with E-state index in [1.807, 2.05) is 18.3 Å². The van der Waals surface area contributed by atoms with Crippen LogP contribution in [0.25, 0.3) is 11.1 Å². The van der Waals surface area contributed by atoms with E-state index in [1.165, 1.54) is 11.1 Å². The molecule has 3 rings (SSSR count). The standard InChI is InChI=1S/C14H14N2O.2ClH/c1-2-12(9-15-5-1)11-3-4-14-13(8-11)10-16-6-7-17-14;;/h1-5,8-9,16H,6-7,10H2;2*1H. The van der Waals surface area contributed by atoms with E-state index in [0.29, 0.717) is 0 Å². The van der Waals surface area contributed by atoms with Gasteiger partial charge in [0.15, 0.2) is 0 Å². The van der Waals surface area contributed by atoms with Crippen molar-refractivity contribution < 1.29 is 4.74 Å². The fourth-order valence-corrected chi connectivity index (χ4v) is 2.03. The number of pyridine rings is 1. The summed E-state index contributed by atoms with van der Waals surface area (Å²) in [5.74, 6) is 0.989. The van der Waals surface area contributed by atoms with Crippen LogP contribution in [-0.2, 0) is 6.54 Å². The lowest BCUT2D eigenvalue weighted by Crippen LogP contribution is -2.16. The molecule has 5 heteroatoms. The number of halogens is 2. The van der Waals surface area contributed by atoms with E-state index in [0.717, 1.165) is 31.0 Å². The highest BCUT2D eigenvalue weighted by Gasteiger charge is 2.09. The molecule has 3 nitrogen and oxygen atoms in total. The van der Waals surface area contributed by atoms with E-state index >= 15 is 0 Å². The number of nitrogens with one attached hydrogen (secondary N) is 1. The third-order valence-electron chi connectivity index (χ3n) is 2.91. The second-order valence-electron chi connectivity index (χ2n) is 4.09. The molecular weight excluding hydrogens is 283 g/mol. The van der Waals surface area contributed by atoms with Crippen LogP contribution in [-0.4, -0.2) is 18.1 Å². The molecule has 1 aliphatic rings. The molecule has 1 aliphatic heterocycles. The Hall–Kier alpha value is -1.29. The summed E-state index contributed by atoms with van der Waals surface area (Å²) in [6, 6.07) is 10.3. The monoisotopic (exact) mass is 298 g/mol. The van der Waals surface area contributed by atoms with Crippen LogP contribution in [0.2, 0.25) is 0 Å². The topological polar surface area (TPSA) is 34.2 Å². The van der Waals surface area contributed by atoms with Crippen LogP contribution in [0.15, 0.2) is 42.7 Å². The molecule has 0 saturated heterocycles. The molecular formula is C14H16Cl2N2O. The maximum Gasteiger partial charge on any atom is 0.123 e. The Morgan fingerprint density at radius 3 is 2.79 bits per heavy atom. The van der Waals surface area contributed by atoms with Gasteiger partial charge >= 0.3 is 0 Å². The maximum absolute atomic E-state index is 5.66. The van der Waals surface area contributed by atoms with Gasteiger partial charge in [-0.3, -0.25) is 4.98 Å². The van der Waals surface area contributed by atoms with Crippen molar-refractivity contribution in [2.75, 3.05) is 13.2 Å². The molecule has 0 aliphatic carbocycles. The van der Waals surface area contributed by atoms with Crippen LogP contribution < -0.4 is 10.1 Å². The van der Waals surface area contributed by atoms with Gasteiger partial charge in [0.25, 0.3) is 0 Å². The molecule has 0 amide bonds. The van der Waals surface area contributed by atoms with E-state index in [-0.39, 0.29) is 24.8 Å². The second kappa shape index (κ2) is 7.34. The number of rotatable bonds is 1. The summed E-state index contributed by atoms with van der Waals surface area (Å²) >= 11 is 0. The summed E-state index contributed by atoms with van der Waals surface area (Å²) in [4.78, 5) is 4.14. The van der Waals surface area contributed by atoms with Gasteiger partial charge in [0.05, 0.1) is 0 Å². The van der Waals surface area contributed by atoms with Gasteiger partial charge in [-0.2, -0.15) is 0 Å². The Morgan fingerprint density at radius 1 is 1.11 bits per heavy atom. The van der Waals surface area contributed by atoms with Crippen LogP contribution >= 0.6 is 24.8 Å². The van der Waals surface area contributed by atoms with Gasteiger partial charge < -0.3 is 10.1 Å². The summed E-state index contributed by atoms with van der Waals surface area (Å²) in [7, 11) is 0. The van der Waals surface area contributed by atoms with Crippen LogP contribution in [0.1, 0.15) is 5.56 Å². The Kier molecular flexibility index (Phi) is 6.09. The number of nitrogens with zero attached hydrogens (tertiary/aromatic N) is 1. The average molecular weight is 299 g/mol. The van der Waals surface area contributed by atoms with Gasteiger partial charge in [-0.25, -0.2) is 0 Å². The number of hydrogen-bond acceptors (Lipinski definition) is 3. The Bertz CT molecular complexity index is 520. The number of aromatic nitrogens is 1. The van der Waals surface area contributed by atoms with Crippen molar-refractivity contribution in [1.82, 2.24) is 10.3 Å². The van der Waals surface area contributed by atoms with Crippen molar-refractivity contribution in [3.63, 3.8) is 0 Å². The van der Waals surface area contributed by atoms with Crippen molar-refractivity contribution in [3.05, 3.63) is 48.3 Å². The molecule has 1 aromatic heterocycles. The molecule has 0 spiro atoms. The number of hydrogen-bond donors (Lipinski definition) is 1. The molecule has 2 heterocycles. The van der Waals surface area contributed by atoms with Gasteiger partial charge in [-0.15, -0.1) is 24.8 Å². The van der Waals surface area contributed by atoms with E-state index in [4.69, 9.17) is 4.74 Å². The van der Waals surface area contributed by atoms with Gasteiger partial charge in [0, 0.05) is 36.6 Å². The molecule has 0 saturated carbocycles. The minimum Gasteiger partial charge on any atom is -0.492 e. The molecule has 0 bridgehead atoms. The second-order valence-corrected chi connectivity index (χ2v) is 4.09. The molecule has 0 radical (unpaired) electrons. The van der Waals surface area contributed by atoms with Crippen LogP contribution in [0.4, 0.5) is 0 Å². The number of benzene rings is 1. The van der Waals surface area contributed by atoms with Gasteiger partial charge in [-0.05, 0) is 23.8 Å². The lowest BCUT2D eigenvalue weighted by molar-refractivity contribution is 0.326. The summed E-state index contributed by atoms with van der Waals surface area (Å²) in [6.07, 6.45) is 3.67. The smallest absolute Gasteiger partial charge is 0.123 e. The van der Waals surface area contributed by atoms with E-state index in [2.05, 4.69) is 28.5 Å². The van der Waals surface area contributed by atoms with E-state index in [1.54, 1.807) is 6.20 Å². The highest BCUT2D eigenvalue weighted by atomic mass is 35.5. The van der Waals surface area contributed by atoms with Crippen molar-refractivity contribution in [1.29, 1.82) is 0 Å². The highest BCUT2D eigenvalue weighted by Crippen LogP contribution is 2.27. The van der Waals surface area contributed by atoms with Crippen LogP contribution in [0.5, 0.6) is 5.75 Å². The SMILES string of the molecule is Cl.Cl.c1cncc(-c2ccc3c(c2)CNCCO3)c1. The molecule has 0 atom stereocenters. The van der Waals surface area contributed by atoms with Gasteiger partial charge in [0.1, 0.15) is 12.4 Å². The first-order chi connectivity index (χ1) is 8.43. The quantitative estimate of drug-likeness (QED) is 0.878. The molecule has 19 heavy (non-hydrogen) atoms.